The third-order valence-corrected chi connectivity index (χ3v) is 5.31. The van der Waals surface area contributed by atoms with Crippen molar-refractivity contribution in [1.29, 1.82) is 0 Å². The van der Waals surface area contributed by atoms with Gasteiger partial charge in [-0.2, -0.15) is 0 Å². The second-order valence-corrected chi connectivity index (χ2v) is 9.17. The van der Waals surface area contributed by atoms with Crippen LogP contribution in [0.15, 0.2) is 78.5 Å². The van der Waals surface area contributed by atoms with Crippen molar-refractivity contribution in [3.8, 4) is 0 Å². The highest BCUT2D eigenvalue weighted by Crippen LogP contribution is 2.22. The van der Waals surface area contributed by atoms with Crippen molar-refractivity contribution in [2.24, 2.45) is 0 Å². The second-order valence-electron chi connectivity index (χ2n) is 8.73. The molecule has 3 N–H and O–H groups in total. The molecule has 7 heteroatoms. The molecule has 0 saturated heterocycles. The van der Waals surface area contributed by atoms with Crippen molar-refractivity contribution in [2.75, 3.05) is 5.32 Å². The average Bonchev–Trinajstić information content (AvgIpc) is 2.79. The molecule has 0 aromatic heterocycles. The van der Waals surface area contributed by atoms with E-state index >= 15 is 0 Å². The summed E-state index contributed by atoms with van der Waals surface area (Å²) in [5.41, 5.74) is 2.39. The maximum atomic E-state index is 13.0. The minimum absolute atomic E-state index is 0.00653. The highest BCUT2D eigenvalue weighted by atomic mass is 35.5. The maximum absolute atomic E-state index is 13.0. The summed E-state index contributed by atoms with van der Waals surface area (Å²) in [6.07, 6.45) is 1.52. The number of carboxylic acids is 1. The zero-order valence-electron chi connectivity index (χ0n) is 19.1. The van der Waals surface area contributed by atoms with E-state index in [1.807, 2.05) is 12.1 Å². The standard InChI is InChI=1S/C27H25ClN2O4/c1-27(2,3)20-11-9-18(10-12-20)24(31)30-23(15-17-7-13-21(28)14-8-17)25(32)29-22-6-4-5-19(16-22)26(33)34/h4-16H,1-3H3,(H,29,32)(H,30,31)(H,33,34). The van der Waals surface area contributed by atoms with Crippen LogP contribution in [0.25, 0.3) is 6.08 Å². The number of carboxylic acid groups (broad SMARTS) is 1. The Bertz CT molecular complexity index is 1240. The third-order valence-electron chi connectivity index (χ3n) is 5.05. The number of rotatable bonds is 6. The Morgan fingerprint density at radius 2 is 1.53 bits per heavy atom. The molecule has 0 aliphatic carbocycles. The fraction of sp³-hybridized carbons (Fsp3) is 0.148. The first-order valence-electron chi connectivity index (χ1n) is 10.6. The van der Waals surface area contributed by atoms with E-state index < -0.39 is 17.8 Å². The largest absolute Gasteiger partial charge is 0.478 e. The summed E-state index contributed by atoms with van der Waals surface area (Å²) in [5.74, 6) is -2.16. The molecule has 3 aromatic carbocycles. The molecule has 174 valence electrons. The first-order valence-corrected chi connectivity index (χ1v) is 10.9. The van der Waals surface area contributed by atoms with Gasteiger partial charge in [0.2, 0.25) is 0 Å². The lowest BCUT2D eigenvalue weighted by Gasteiger charge is -2.19. The summed E-state index contributed by atoms with van der Waals surface area (Å²) in [6.45, 7) is 6.25. The van der Waals surface area contributed by atoms with Gasteiger partial charge >= 0.3 is 5.97 Å². The Morgan fingerprint density at radius 3 is 2.12 bits per heavy atom. The van der Waals surface area contributed by atoms with Crippen LogP contribution in [-0.2, 0) is 10.2 Å². The van der Waals surface area contributed by atoms with E-state index in [1.54, 1.807) is 42.5 Å². The summed E-state index contributed by atoms with van der Waals surface area (Å²) in [5, 5.41) is 15.0. The van der Waals surface area contributed by atoms with E-state index in [-0.39, 0.29) is 22.4 Å². The summed E-state index contributed by atoms with van der Waals surface area (Å²) in [7, 11) is 0. The SMILES string of the molecule is CC(C)(C)c1ccc(C(=O)NC(=Cc2ccc(Cl)cc2)C(=O)Nc2cccc(C(=O)O)c2)cc1. The van der Waals surface area contributed by atoms with Crippen LogP contribution in [0.2, 0.25) is 5.02 Å². The number of amides is 2. The first kappa shape index (κ1) is 24.7. The van der Waals surface area contributed by atoms with Gasteiger partial charge in [-0.05, 0) is 65.1 Å². The highest BCUT2D eigenvalue weighted by Gasteiger charge is 2.18. The molecule has 3 rings (SSSR count). The fourth-order valence-corrected chi connectivity index (χ4v) is 3.25. The van der Waals surface area contributed by atoms with Crippen LogP contribution in [0, 0.1) is 0 Å². The molecule has 0 fully saturated rings. The van der Waals surface area contributed by atoms with E-state index in [9.17, 15) is 19.5 Å². The third kappa shape index (κ3) is 6.56. The number of hydrogen-bond acceptors (Lipinski definition) is 3. The smallest absolute Gasteiger partial charge is 0.335 e. The zero-order chi connectivity index (χ0) is 24.9. The van der Waals surface area contributed by atoms with Gasteiger partial charge in [-0.15, -0.1) is 0 Å². The van der Waals surface area contributed by atoms with E-state index in [2.05, 4.69) is 31.4 Å². The normalized spacial score (nSPS) is 11.6. The zero-order valence-corrected chi connectivity index (χ0v) is 19.8. The molecule has 0 bridgehead atoms. The molecule has 2 amide bonds. The van der Waals surface area contributed by atoms with Gasteiger partial charge in [-0.25, -0.2) is 4.79 Å². The number of hydrogen-bond donors (Lipinski definition) is 3. The predicted octanol–water partition coefficient (Wildman–Crippen LogP) is 5.75. The maximum Gasteiger partial charge on any atom is 0.335 e. The quantitative estimate of drug-likeness (QED) is 0.395. The van der Waals surface area contributed by atoms with E-state index in [4.69, 9.17) is 11.6 Å². The molecule has 0 saturated carbocycles. The van der Waals surface area contributed by atoms with Crippen LogP contribution >= 0.6 is 11.6 Å². The lowest BCUT2D eigenvalue weighted by molar-refractivity contribution is -0.113. The monoisotopic (exact) mass is 476 g/mol. The molecule has 0 heterocycles. The number of aromatic carboxylic acids is 1. The van der Waals surface area contributed by atoms with Crippen LogP contribution in [0.5, 0.6) is 0 Å². The summed E-state index contributed by atoms with van der Waals surface area (Å²) in [6, 6.07) is 19.8. The topological polar surface area (TPSA) is 95.5 Å². The Labute approximate surface area is 203 Å². The van der Waals surface area contributed by atoms with E-state index in [1.165, 1.54) is 24.3 Å². The van der Waals surface area contributed by atoms with Crippen molar-refractivity contribution < 1.29 is 19.5 Å². The first-order chi connectivity index (χ1) is 16.0. The van der Waals surface area contributed by atoms with Crippen molar-refractivity contribution in [1.82, 2.24) is 5.32 Å². The molecule has 0 spiro atoms. The van der Waals surface area contributed by atoms with Crippen LogP contribution in [-0.4, -0.2) is 22.9 Å². The molecule has 0 aliphatic rings. The number of nitrogens with one attached hydrogen (secondary N) is 2. The molecule has 34 heavy (non-hydrogen) atoms. The minimum atomic E-state index is -1.11. The molecule has 0 atom stereocenters. The summed E-state index contributed by atoms with van der Waals surface area (Å²) in [4.78, 5) is 37.2. The highest BCUT2D eigenvalue weighted by molar-refractivity contribution is 6.30. The molecule has 0 unspecified atom stereocenters. The van der Waals surface area contributed by atoms with Crippen LogP contribution in [0.3, 0.4) is 0 Å². The van der Waals surface area contributed by atoms with Gasteiger partial charge in [0.1, 0.15) is 5.70 Å². The molecule has 0 aliphatic heterocycles. The minimum Gasteiger partial charge on any atom is -0.478 e. The van der Waals surface area contributed by atoms with Crippen molar-refractivity contribution in [2.45, 2.75) is 26.2 Å². The van der Waals surface area contributed by atoms with E-state index in [0.29, 0.717) is 16.1 Å². The number of anilines is 1. The fourth-order valence-electron chi connectivity index (χ4n) is 3.13. The van der Waals surface area contributed by atoms with Crippen molar-refractivity contribution in [3.05, 3.63) is 106 Å². The Hall–Kier alpha value is -3.90. The molecular formula is C27H25ClN2O4. The molecule has 3 aromatic rings. The van der Waals surface area contributed by atoms with Crippen LogP contribution < -0.4 is 10.6 Å². The molecular weight excluding hydrogens is 452 g/mol. The Kier molecular flexibility index (Phi) is 7.54. The average molecular weight is 477 g/mol. The second kappa shape index (κ2) is 10.4. The summed E-state index contributed by atoms with van der Waals surface area (Å²) >= 11 is 5.95. The van der Waals surface area contributed by atoms with Crippen LogP contribution in [0.1, 0.15) is 52.6 Å². The number of halogens is 1. The molecule has 0 radical (unpaired) electrons. The van der Waals surface area contributed by atoms with Gasteiger partial charge in [-0.1, -0.05) is 62.7 Å². The lowest BCUT2D eigenvalue weighted by atomic mass is 9.87. The van der Waals surface area contributed by atoms with Gasteiger partial charge in [0.15, 0.2) is 0 Å². The van der Waals surface area contributed by atoms with Crippen molar-refractivity contribution in [3.63, 3.8) is 0 Å². The van der Waals surface area contributed by atoms with Gasteiger partial charge in [0.25, 0.3) is 11.8 Å². The van der Waals surface area contributed by atoms with Gasteiger partial charge in [-0.3, -0.25) is 9.59 Å². The number of carbonyl (C=O) groups is 3. The predicted molar refractivity (Wildman–Crippen MR) is 134 cm³/mol. The molecule has 6 nitrogen and oxygen atoms in total. The Balaban J connectivity index is 1.88. The number of benzene rings is 3. The van der Waals surface area contributed by atoms with Gasteiger partial charge in [0, 0.05) is 16.3 Å². The lowest BCUT2D eigenvalue weighted by Crippen LogP contribution is -2.30. The van der Waals surface area contributed by atoms with Crippen LogP contribution in [0.4, 0.5) is 5.69 Å². The van der Waals surface area contributed by atoms with Gasteiger partial charge in [0.05, 0.1) is 5.56 Å². The van der Waals surface area contributed by atoms with Gasteiger partial charge < -0.3 is 15.7 Å². The van der Waals surface area contributed by atoms with Crippen molar-refractivity contribution >= 4 is 41.1 Å². The Morgan fingerprint density at radius 1 is 0.882 bits per heavy atom. The number of carbonyl (C=O) groups excluding carboxylic acids is 2. The summed E-state index contributed by atoms with van der Waals surface area (Å²) < 4.78 is 0. The van der Waals surface area contributed by atoms with E-state index in [0.717, 1.165) is 5.56 Å².